The molecule has 0 unspecified atom stereocenters. The summed E-state index contributed by atoms with van der Waals surface area (Å²) in [6.07, 6.45) is -0.831. The number of nitrogens with zero attached hydrogens (tertiary/aromatic N) is 2. The maximum Gasteiger partial charge on any atom is 0.342 e. The molecular formula is C20H19FN2O6. The Hall–Kier alpha value is -3.62. The third-order valence-corrected chi connectivity index (χ3v) is 4.09. The quantitative estimate of drug-likeness (QED) is 0.551. The fraction of sp³-hybridized carbons (Fsp3) is 0.250. The van der Waals surface area contributed by atoms with Crippen LogP contribution in [0, 0.1) is 5.82 Å². The van der Waals surface area contributed by atoms with Crippen molar-refractivity contribution in [2.45, 2.75) is 13.0 Å². The van der Waals surface area contributed by atoms with Crippen LogP contribution >= 0.6 is 0 Å². The smallest absolute Gasteiger partial charge is 0.342 e. The molecule has 0 N–H and O–H groups in total. The van der Waals surface area contributed by atoms with Crippen LogP contribution in [0.3, 0.4) is 0 Å². The van der Waals surface area contributed by atoms with Crippen molar-refractivity contribution in [1.29, 1.82) is 0 Å². The lowest BCUT2D eigenvalue weighted by molar-refractivity contribution is 0.0275. The Bertz CT molecular complexity index is 1000. The average Bonchev–Trinajstić information content (AvgIpc) is 3.23. The number of halogens is 1. The van der Waals surface area contributed by atoms with Gasteiger partial charge < -0.3 is 23.4 Å². The van der Waals surface area contributed by atoms with Crippen LogP contribution < -0.4 is 14.2 Å². The van der Waals surface area contributed by atoms with Crippen molar-refractivity contribution >= 4 is 5.97 Å². The van der Waals surface area contributed by atoms with Gasteiger partial charge in [-0.05, 0) is 43.3 Å². The first kappa shape index (κ1) is 20.1. The summed E-state index contributed by atoms with van der Waals surface area (Å²) in [5.74, 6) is 0.102. The SMILES string of the molecule is COc1ccc(C(=O)O[C@@H](C)c2nnc(-c3ccc(F)cc3)o2)c(OC)c1OC. The molecule has 0 spiro atoms. The number of rotatable bonds is 7. The van der Waals surface area contributed by atoms with E-state index in [9.17, 15) is 9.18 Å². The second-order valence-corrected chi connectivity index (χ2v) is 5.88. The molecule has 0 aliphatic carbocycles. The molecule has 0 saturated carbocycles. The number of methoxy groups -OCH3 is 3. The third-order valence-electron chi connectivity index (χ3n) is 4.09. The zero-order valence-corrected chi connectivity index (χ0v) is 16.3. The zero-order chi connectivity index (χ0) is 21.0. The molecule has 3 rings (SSSR count). The summed E-state index contributed by atoms with van der Waals surface area (Å²) in [4.78, 5) is 12.7. The lowest BCUT2D eigenvalue weighted by Crippen LogP contribution is -2.11. The van der Waals surface area contributed by atoms with E-state index in [4.69, 9.17) is 23.4 Å². The van der Waals surface area contributed by atoms with Crippen LogP contribution in [0.4, 0.5) is 4.39 Å². The fourth-order valence-electron chi connectivity index (χ4n) is 2.64. The predicted molar refractivity (Wildman–Crippen MR) is 99.6 cm³/mol. The lowest BCUT2D eigenvalue weighted by Gasteiger charge is -2.16. The number of carbonyl (C=O) groups is 1. The fourth-order valence-corrected chi connectivity index (χ4v) is 2.64. The minimum absolute atomic E-state index is 0.0946. The summed E-state index contributed by atoms with van der Waals surface area (Å²) in [5, 5.41) is 7.81. The Kier molecular flexibility index (Phi) is 5.96. The van der Waals surface area contributed by atoms with E-state index < -0.39 is 12.1 Å². The third kappa shape index (κ3) is 4.13. The van der Waals surface area contributed by atoms with Crippen molar-refractivity contribution in [2.75, 3.05) is 21.3 Å². The molecule has 3 aromatic rings. The van der Waals surface area contributed by atoms with Crippen LogP contribution in [0.15, 0.2) is 40.8 Å². The topological polar surface area (TPSA) is 92.9 Å². The predicted octanol–water partition coefficient (Wildman–Crippen LogP) is 3.82. The van der Waals surface area contributed by atoms with Gasteiger partial charge >= 0.3 is 5.97 Å². The number of ether oxygens (including phenoxy) is 4. The number of benzene rings is 2. The van der Waals surface area contributed by atoms with Gasteiger partial charge in [0, 0.05) is 5.56 Å². The highest BCUT2D eigenvalue weighted by molar-refractivity contribution is 5.94. The molecule has 0 bridgehead atoms. The highest BCUT2D eigenvalue weighted by Gasteiger charge is 2.25. The normalized spacial score (nSPS) is 11.6. The van der Waals surface area contributed by atoms with Gasteiger partial charge in [0.15, 0.2) is 17.6 Å². The maximum atomic E-state index is 13.1. The van der Waals surface area contributed by atoms with Gasteiger partial charge in [-0.2, -0.15) is 0 Å². The Morgan fingerprint density at radius 3 is 2.28 bits per heavy atom. The Morgan fingerprint density at radius 1 is 0.966 bits per heavy atom. The molecule has 2 aromatic carbocycles. The van der Waals surface area contributed by atoms with Crippen LogP contribution in [0.1, 0.15) is 29.3 Å². The molecule has 29 heavy (non-hydrogen) atoms. The van der Waals surface area contributed by atoms with E-state index >= 15 is 0 Å². The first-order valence-corrected chi connectivity index (χ1v) is 8.57. The largest absolute Gasteiger partial charge is 0.493 e. The summed E-state index contributed by atoms with van der Waals surface area (Å²) in [6.45, 7) is 1.59. The van der Waals surface area contributed by atoms with E-state index in [0.29, 0.717) is 11.3 Å². The van der Waals surface area contributed by atoms with Crippen molar-refractivity contribution in [3.63, 3.8) is 0 Å². The van der Waals surface area contributed by atoms with Gasteiger partial charge in [-0.25, -0.2) is 9.18 Å². The number of hydrogen-bond acceptors (Lipinski definition) is 8. The van der Waals surface area contributed by atoms with Gasteiger partial charge in [0.25, 0.3) is 5.89 Å². The summed E-state index contributed by atoms with van der Waals surface area (Å²) in [6, 6.07) is 8.67. The van der Waals surface area contributed by atoms with E-state index in [1.165, 1.54) is 51.7 Å². The standard InChI is InChI=1S/C20H19FN2O6/c1-11(18-22-23-19(29-18)12-5-7-13(21)8-6-12)28-20(24)14-9-10-15(25-2)17(27-4)16(14)26-3/h5-11H,1-4H3/t11-/m0/s1. The molecule has 1 heterocycles. The molecule has 1 atom stereocenters. The van der Waals surface area contributed by atoms with E-state index in [2.05, 4.69) is 10.2 Å². The molecule has 9 heteroatoms. The van der Waals surface area contributed by atoms with Crippen molar-refractivity contribution in [3.05, 3.63) is 53.7 Å². The van der Waals surface area contributed by atoms with Crippen LogP contribution in [-0.4, -0.2) is 37.5 Å². The Labute approximate surface area is 166 Å². The van der Waals surface area contributed by atoms with Gasteiger partial charge in [0.05, 0.1) is 21.3 Å². The summed E-state index contributed by atoms with van der Waals surface area (Å²) < 4.78 is 39.8. The number of aromatic nitrogens is 2. The molecule has 0 fully saturated rings. The molecule has 8 nitrogen and oxygen atoms in total. The summed E-state index contributed by atoms with van der Waals surface area (Å²) >= 11 is 0. The van der Waals surface area contributed by atoms with Crippen molar-refractivity contribution in [2.24, 2.45) is 0 Å². The van der Waals surface area contributed by atoms with Crippen LogP contribution in [0.5, 0.6) is 17.2 Å². The van der Waals surface area contributed by atoms with Gasteiger partial charge in [-0.3, -0.25) is 0 Å². The first-order chi connectivity index (χ1) is 14.0. The van der Waals surface area contributed by atoms with E-state index in [1.54, 1.807) is 13.0 Å². The van der Waals surface area contributed by atoms with Crippen LogP contribution in [0.25, 0.3) is 11.5 Å². The molecule has 0 aliphatic heterocycles. The summed E-state index contributed by atoms with van der Waals surface area (Å²) in [7, 11) is 4.32. The number of hydrogen-bond donors (Lipinski definition) is 0. The number of esters is 1. The average molecular weight is 402 g/mol. The van der Waals surface area contributed by atoms with E-state index in [-0.39, 0.29) is 34.7 Å². The zero-order valence-electron chi connectivity index (χ0n) is 16.3. The number of carbonyl (C=O) groups excluding carboxylic acids is 1. The first-order valence-electron chi connectivity index (χ1n) is 8.57. The second-order valence-electron chi connectivity index (χ2n) is 5.88. The Balaban J connectivity index is 1.80. The minimum Gasteiger partial charge on any atom is -0.493 e. The molecule has 152 valence electrons. The van der Waals surface area contributed by atoms with Gasteiger partial charge in [-0.15, -0.1) is 10.2 Å². The monoisotopic (exact) mass is 402 g/mol. The molecule has 0 radical (unpaired) electrons. The molecular weight excluding hydrogens is 383 g/mol. The van der Waals surface area contributed by atoms with E-state index in [1.807, 2.05) is 0 Å². The summed E-state index contributed by atoms with van der Waals surface area (Å²) in [5.41, 5.74) is 0.695. The van der Waals surface area contributed by atoms with Crippen molar-refractivity contribution < 1.29 is 32.5 Å². The van der Waals surface area contributed by atoms with Gasteiger partial charge in [0.2, 0.25) is 11.6 Å². The molecule has 0 saturated heterocycles. The van der Waals surface area contributed by atoms with Crippen LogP contribution in [0.2, 0.25) is 0 Å². The maximum absolute atomic E-state index is 13.1. The van der Waals surface area contributed by atoms with Crippen LogP contribution in [-0.2, 0) is 4.74 Å². The molecule has 0 aliphatic rings. The highest BCUT2D eigenvalue weighted by Crippen LogP contribution is 2.40. The van der Waals surface area contributed by atoms with Crippen molar-refractivity contribution in [3.8, 4) is 28.7 Å². The van der Waals surface area contributed by atoms with Gasteiger partial charge in [-0.1, -0.05) is 0 Å². The minimum atomic E-state index is -0.831. The highest BCUT2D eigenvalue weighted by atomic mass is 19.1. The van der Waals surface area contributed by atoms with E-state index in [0.717, 1.165) is 0 Å². The lowest BCUT2D eigenvalue weighted by atomic mass is 10.1. The molecule has 0 amide bonds. The van der Waals surface area contributed by atoms with Crippen molar-refractivity contribution in [1.82, 2.24) is 10.2 Å². The molecule has 1 aromatic heterocycles. The Morgan fingerprint density at radius 2 is 1.66 bits per heavy atom. The van der Waals surface area contributed by atoms with Gasteiger partial charge in [0.1, 0.15) is 11.4 Å². The second kappa shape index (κ2) is 8.59.